The van der Waals surface area contributed by atoms with Gasteiger partial charge in [-0.2, -0.15) is 0 Å². The molecule has 1 aliphatic heterocycles. The summed E-state index contributed by atoms with van der Waals surface area (Å²) >= 11 is 0. The van der Waals surface area contributed by atoms with Crippen molar-refractivity contribution in [3.63, 3.8) is 0 Å². The SMILES string of the molecule is CCNc1ccc(C(=O)N2CCC3(CCCC3)CC2)nc1. The minimum atomic E-state index is 0.0888. The third kappa shape index (κ3) is 3.04. The average Bonchev–Trinajstić information content (AvgIpc) is 2.97. The molecule has 114 valence electrons. The van der Waals surface area contributed by atoms with Crippen LogP contribution >= 0.6 is 0 Å². The predicted octanol–water partition coefficient (Wildman–Crippen LogP) is 3.31. The molecule has 3 rings (SSSR count). The van der Waals surface area contributed by atoms with E-state index in [1.807, 2.05) is 24.0 Å². The molecule has 2 aliphatic rings. The number of rotatable bonds is 3. The summed E-state index contributed by atoms with van der Waals surface area (Å²) in [7, 11) is 0. The van der Waals surface area contributed by atoms with Crippen molar-refractivity contribution >= 4 is 11.6 Å². The molecule has 0 radical (unpaired) electrons. The predicted molar refractivity (Wildman–Crippen MR) is 84.4 cm³/mol. The van der Waals surface area contributed by atoms with Crippen molar-refractivity contribution in [2.24, 2.45) is 5.41 Å². The number of nitrogens with zero attached hydrogens (tertiary/aromatic N) is 2. The van der Waals surface area contributed by atoms with E-state index >= 15 is 0 Å². The van der Waals surface area contributed by atoms with Crippen molar-refractivity contribution in [1.82, 2.24) is 9.88 Å². The molecule has 4 heteroatoms. The summed E-state index contributed by atoms with van der Waals surface area (Å²) in [5.41, 5.74) is 2.09. The first-order valence-electron chi connectivity index (χ1n) is 8.22. The van der Waals surface area contributed by atoms with E-state index in [-0.39, 0.29) is 5.91 Å². The van der Waals surface area contributed by atoms with Crippen molar-refractivity contribution in [1.29, 1.82) is 0 Å². The monoisotopic (exact) mass is 287 g/mol. The molecule has 2 heterocycles. The second-order valence-corrected chi connectivity index (χ2v) is 6.46. The van der Waals surface area contributed by atoms with E-state index in [9.17, 15) is 4.79 Å². The number of nitrogens with one attached hydrogen (secondary N) is 1. The number of carbonyl (C=O) groups excluding carboxylic acids is 1. The van der Waals surface area contributed by atoms with Gasteiger partial charge in [-0.1, -0.05) is 12.8 Å². The highest BCUT2D eigenvalue weighted by Crippen LogP contribution is 2.46. The molecule has 1 amide bonds. The smallest absolute Gasteiger partial charge is 0.272 e. The van der Waals surface area contributed by atoms with Crippen molar-refractivity contribution in [2.75, 3.05) is 25.0 Å². The van der Waals surface area contributed by atoms with Gasteiger partial charge in [0.15, 0.2) is 0 Å². The zero-order chi connectivity index (χ0) is 14.7. The summed E-state index contributed by atoms with van der Waals surface area (Å²) < 4.78 is 0. The zero-order valence-corrected chi connectivity index (χ0v) is 12.9. The Balaban J connectivity index is 1.60. The van der Waals surface area contributed by atoms with Gasteiger partial charge in [-0.05, 0) is 50.2 Å². The fourth-order valence-electron chi connectivity index (χ4n) is 3.80. The minimum Gasteiger partial charge on any atom is -0.384 e. The van der Waals surface area contributed by atoms with Crippen LogP contribution in [0.25, 0.3) is 0 Å². The largest absolute Gasteiger partial charge is 0.384 e. The van der Waals surface area contributed by atoms with E-state index in [0.717, 1.165) is 25.3 Å². The van der Waals surface area contributed by atoms with Crippen molar-refractivity contribution in [2.45, 2.75) is 45.4 Å². The van der Waals surface area contributed by atoms with Gasteiger partial charge in [0.1, 0.15) is 5.69 Å². The lowest BCUT2D eigenvalue weighted by Crippen LogP contribution is -2.42. The molecule has 21 heavy (non-hydrogen) atoms. The van der Waals surface area contributed by atoms with Gasteiger partial charge in [-0.15, -0.1) is 0 Å². The van der Waals surface area contributed by atoms with Gasteiger partial charge >= 0.3 is 0 Å². The first-order valence-corrected chi connectivity index (χ1v) is 8.22. The Kier molecular flexibility index (Phi) is 4.13. The number of likely N-dealkylation sites (tertiary alicyclic amines) is 1. The number of aromatic nitrogens is 1. The summed E-state index contributed by atoms with van der Waals surface area (Å²) in [5.74, 6) is 0.0888. The second-order valence-electron chi connectivity index (χ2n) is 6.46. The molecule has 0 bridgehead atoms. The molecule has 1 saturated heterocycles. The standard InChI is InChI=1S/C17H25N3O/c1-2-18-14-5-6-15(19-13-14)16(21)20-11-9-17(10-12-20)7-3-4-8-17/h5-6,13,18H,2-4,7-12H2,1H3. The maximum atomic E-state index is 12.5. The second kappa shape index (κ2) is 6.04. The van der Waals surface area contributed by atoms with Crippen LogP contribution in [0.2, 0.25) is 0 Å². The van der Waals surface area contributed by atoms with Gasteiger partial charge in [0, 0.05) is 19.6 Å². The minimum absolute atomic E-state index is 0.0888. The lowest BCUT2D eigenvalue weighted by molar-refractivity contribution is 0.0582. The van der Waals surface area contributed by atoms with Crippen molar-refractivity contribution in [3.05, 3.63) is 24.0 Å². The molecule has 1 aliphatic carbocycles. The average molecular weight is 287 g/mol. The fourth-order valence-corrected chi connectivity index (χ4v) is 3.80. The third-order valence-electron chi connectivity index (χ3n) is 5.14. The molecular weight excluding hydrogens is 262 g/mol. The number of carbonyl (C=O) groups is 1. The van der Waals surface area contributed by atoms with Gasteiger partial charge in [0.05, 0.1) is 11.9 Å². The molecule has 0 unspecified atom stereocenters. The van der Waals surface area contributed by atoms with Crippen LogP contribution in [0.15, 0.2) is 18.3 Å². The number of pyridine rings is 1. The topological polar surface area (TPSA) is 45.2 Å². The van der Waals surface area contributed by atoms with E-state index in [2.05, 4.69) is 10.3 Å². The van der Waals surface area contributed by atoms with Crippen LogP contribution in [0.3, 0.4) is 0 Å². The number of amides is 1. The Morgan fingerprint density at radius 3 is 2.52 bits per heavy atom. The Bertz CT molecular complexity index is 481. The fraction of sp³-hybridized carbons (Fsp3) is 0.647. The number of piperidine rings is 1. The summed E-state index contributed by atoms with van der Waals surface area (Å²) in [6.45, 7) is 4.71. The summed E-state index contributed by atoms with van der Waals surface area (Å²) in [4.78, 5) is 18.8. The van der Waals surface area contributed by atoms with E-state index < -0.39 is 0 Å². The van der Waals surface area contributed by atoms with Gasteiger partial charge in [-0.25, -0.2) is 4.98 Å². The van der Waals surface area contributed by atoms with Crippen LogP contribution in [0.1, 0.15) is 55.9 Å². The van der Waals surface area contributed by atoms with Crippen LogP contribution in [0.4, 0.5) is 5.69 Å². The highest BCUT2D eigenvalue weighted by molar-refractivity contribution is 5.92. The molecular formula is C17H25N3O. The molecule has 0 atom stereocenters. The van der Waals surface area contributed by atoms with Crippen LogP contribution in [0.5, 0.6) is 0 Å². The Labute approximate surface area is 126 Å². The Morgan fingerprint density at radius 2 is 1.95 bits per heavy atom. The molecule has 0 aromatic carbocycles. The normalized spacial score (nSPS) is 20.7. The van der Waals surface area contributed by atoms with E-state index in [0.29, 0.717) is 11.1 Å². The van der Waals surface area contributed by atoms with Crippen LogP contribution in [-0.4, -0.2) is 35.4 Å². The zero-order valence-electron chi connectivity index (χ0n) is 12.9. The maximum Gasteiger partial charge on any atom is 0.272 e. The Hall–Kier alpha value is -1.58. The van der Waals surface area contributed by atoms with E-state index in [4.69, 9.17) is 0 Å². The number of hydrogen-bond donors (Lipinski definition) is 1. The van der Waals surface area contributed by atoms with Crippen LogP contribution < -0.4 is 5.32 Å². The van der Waals surface area contributed by atoms with Gasteiger partial charge < -0.3 is 10.2 Å². The highest BCUT2D eigenvalue weighted by Gasteiger charge is 2.38. The first kappa shape index (κ1) is 14.4. The molecule has 4 nitrogen and oxygen atoms in total. The summed E-state index contributed by atoms with van der Waals surface area (Å²) in [6.07, 6.45) is 9.58. The van der Waals surface area contributed by atoms with E-state index in [1.165, 1.54) is 38.5 Å². The van der Waals surface area contributed by atoms with E-state index in [1.54, 1.807) is 6.20 Å². The lowest BCUT2D eigenvalue weighted by atomic mass is 9.77. The van der Waals surface area contributed by atoms with Gasteiger partial charge in [-0.3, -0.25) is 4.79 Å². The molecule has 1 aromatic heterocycles. The highest BCUT2D eigenvalue weighted by atomic mass is 16.2. The quantitative estimate of drug-likeness (QED) is 0.927. The molecule has 2 fully saturated rings. The van der Waals surface area contributed by atoms with Gasteiger partial charge in [0.2, 0.25) is 0 Å². The number of anilines is 1. The number of hydrogen-bond acceptors (Lipinski definition) is 3. The first-order chi connectivity index (χ1) is 10.2. The van der Waals surface area contributed by atoms with Gasteiger partial charge in [0.25, 0.3) is 5.91 Å². The summed E-state index contributed by atoms with van der Waals surface area (Å²) in [6, 6.07) is 3.77. The molecule has 1 aromatic rings. The third-order valence-corrected chi connectivity index (χ3v) is 5.14. The molecule has 1 saturated carbocycles. The van der Waals surface area contributed by atoms with Crippen molar-refractivity contribution < 1.29 is 4.79 Å². The van der Waals surface area contributed by atoms with Crippen LogP contribution in [0, 0.1) is 5.41 Å². The Morgan fingerprint density at radius 1 is 1.24 bits per heavy atom. The van der Waals surface area contributed by atoms with Crippen LogP contribution in [-0.2, 0) is 0 Å². The summed E-state index contributed by atoms with van der Waals surface area (Å²) in [5, 5.41) is 3.20. The van der Waals surface area contributed by atoms with Crippen molar-refractivity contribution in [3.8, 4) is 0 Å². The lowest BCUT2D eigenvalue weighted by Gasteiger charge is -2.39. The maximum absolute atomic E-state index is 12.5. The molecule has 1 N–H and O–H groups in total. The molecule has 1 spiro atoms.